The van der Waals surface area contributed by atoms with E-state index < -0.39 is 0 Å². The molecular weight excluding hydrogens is 276 g/mol. The second kappa shape index (κ2) is 6.58. The maximum atomic E-state index is 5.71. The van der Waals surface area contributed by atoms with Crippen molar-refractivity contribution < 1.29 is 4.42 Å². The molecule has 0 spiro atoms. The number of nitrogens with zero attached hydrogens (tertiary/aromatic N) is 4. The molecule has 0 atom stereocenters. The third kappa shape index (κ3) is 3.83. The van der Waals surface area contributed by atoms with E-state index in [0.29, 0.717) is 0 Å². The highest BCUT2D eigenvalue weighted by Crippen LogP contribution is 2.14. The average Bonchev–Trinajstić information content (AvgIpc) is 3.09. The van der Waals surface area contributed by atoms with E-state index in [0.717, 1.165) is 36.8 Å². The Labute approximate surface area is 130 Å². The van der Waals surface area contributed by atoms with Crippen LogP contribution in [0.2, 0.25) is 0 Å². The summed E-state index contributed by atoms with van der Waals surface area (Å²) in [5.41, 5.74) is 2.23. The number of hydrogen-bond donors (Lipinski definition) is 0. The molecule has 114 valence electrons. The van der Waals surface area contributed by atoms with Crippen LogP contribution in [-0.4, -0.2) is 19.7 Å². The van der Waals surface area contributed by atoms with Crippen molar-refractivity contribution in [2.24, 2.45) is 7.05 Å². The number of furan rings is 1. The molecule has 5 heteroatoms. The highest BCUT2D eigenvalue weighted by Gasteiger charge is 2.12. The lowest BCUT2D eigenvalue weighted by Gasteiger charge is -2.20. The first kappa shape index (κ1) is 14.5. The fourth-order valence-corrected chi connectivity index (χ4v) is 2.49. The van der Waals surface area contributed by atoms with Gasteiger partial charge in [0, 0.05) is 38.1 Å². The van der Waals surface area contributed by atoms with Gasteiger partial charge in [0.1, 0.15) is 11.5 Å². The largest absolute Gasteiger partial charge is 0.465 e. The van der Waals surface area contributed by atoms with E-state index in [9.17, 15) is 0 Å². The third-order valence-electron chi connectivity index (χ3n) is 3.45. The molecule has 5 nitrogen and oxygen atoms in total. The van der Waals surface area contributed by atoms with E-state index in [2.05, 4.69) is 15.0 Å². The van der Waals surface area contributed by atoms with Crippen LogP contribution in [0.4, 0.5) is 0 Å². The standard InChI is InChI=1S/C17H20N4O/c1-14-6-7-17(22-14)13-21(11-15-9-19-20(2)10-15)12-16-5-3-4-8-18-16/h3-10H,11-13H2,1-2H3. The lowest BCUT2D eigenvalue weighted by atomic mass is 10.2. The summed E-state index contributed by atoms with van der Waals surface area (Å²) in [6, 6.07) is 10.0. The Hall–Kier alpha value is -2.40. The minimum atomic E-state index is 0.749. The molecule has 0 radical (unpaired) electrons. The van der Waals surface area contributed by atoms with Crippen LogP contribution in [-0.2, 0) is 26.7 Å². The lowest BCUT2D eigenvalue weighted by molar-refractivity contribution is 0.223. The van der Waals surface area contributed by atoms with E-state index in [4.69, 9.17) is 4.42 Å². The predicted octanol–water partition coefficient (Wildman–Crippen LogP) is 2.92. The maximum Gasteiger partial charge on any atom is 0.118 e. The topological polar surface area (TPSA) is 47.1 Å². The number of rotatable bonds is 6. The van der Waals surface area contributed by atoms with Crippen LogP contribution in [0.25, 0.3) is 0 Å². The van der Waals surface area contributed by atoms with Gasteiger partial charge in [-0.25, -0.2) is 0 Å². The lowest BCUT2D eigenvalue weighted by Crippen LogP contribution is -2.22. The molecule has 0 saturated carbocycles. The number of pyridine rings is 1. The first-order chi connectivity index (χ1) is 10.7. The quantitative estimate of drug-likeness (QED) is 0.701. The summed E-state index contributed by atoms with van der Waals surface area (Å²) in [7, 11) is 1.93. The minimum absolute atomic E-state index is 0.749. The zero-order chi connectivity index (χ0) is 15.4. The van der Waals surface area contributed by atoms with Crippen molar-refractivity contribution in [3.05, 3.63) is 71.7 Å². The Balaban J connectivity index is 1.75. The van der Waals surface area contributed by atoms with Crippen LogP contribution in [0, 0.1) is 6.92 Å². The fourth-order valence-electron chi connectivity index (χ4n) is 2.49. The summed E-state index contributed by atoms with van der Waals surface area (Å²) >= 11 is 0. The van der Waals surface area contributed by atoms with Gasteiger partial charge in [-0.05, 0) is 31.2 Å². The van der Waals surface area contributed by atoms with Gasteiger partial charge in [0.2, 0.25) is 0 Å². The van der Waals surface area contributed by atoms with Crippen LogP contribution in [0.3, 0.4) is 0 Å². The minimum Gasteiger partial charge on any atom is -0.465 e. The predicted molar refractivity (Wildman–Crippen MR) is 83.8 cm³/mol. The third-order valence-corrected chi connectivity index (χ3v) is 3.45. The Morgan fingerprint density at radius 1 is 1.14 bits per heavy atom. The molecule has 0 amide bonds. The van der Waals surface area contributed by atoms with E-state index in [1.807, 2.05) is 67.6 Å². The molecule has 0 aromatic carbocycles. The van der Waals surface area contributed by atoms with Crippen molar-refractivity contribution in [3.63, 3.8) is 0 Å². The Morgan fingerprint density at radius 2 is 2.05 bits per heavy atom. The van der Waals surface area contributed by atoms with Gasteiger partial charge in [-0.2, -0.15) is 5.10 Å². The van der Waals surface area contributed by atoms with Gasteiger partial charge in [0.25, 0.3) is 0 Å². The number of aromatic nitrogens is 3. The normalized spacial score (nSPS) is 11.2. The number of hydrogen-bond acceptors (Lipinski definition) is 4. The smallest absolute Gasteiger partial charge is 0.118 e. The summed E-state index contributed by atoms with van der Waals surface area (Å²) in [5, 5.41) is 4.24. The van der Waals surface area contributed by atoms with Gasteiger partial charge in [-0.1, -0.05) is 6.07 Å². The van der Waals surface area contributed by atoms with Gasteiger partial charge < -0.3 is 4.42 Å². The second-order valence-corrected chi connectivity index (χ2v) is 5.50. The molecule has 3 aromatic rings. The molecule has 0 fully saturated rings. The molecule has 0 aliphatic rings. The fraction of sp³-hybridized carbons (Fsp3) is 0.294. The molecule has 3 rings (SSSR count). The summed E-state index contributed by atoms with van der Waals surface area (Å²) in [4.78, 5) is 6.72. The van der Waals surface area contributed by atoms with Crippen molar-refractivity contribution in [3.8, 4) is 0 Å². The number of aryl methyl sites for hydroxylation is 2. The summed E-state index contributed by atoms with van der Waals surface area (Å²) < 4.78 is 7.54. The van der Waals surface area contributed by atoms with E-state index >= 15 is 0 Å². The SMILES string of the molecule is Cc1ccc(CN(Cc2cnn(C)c2)Cc2ccccn2)o1. The first-order valence-corrected chi connectivity index (χ1v) is 7.34. The van der Waals surface area contributed by atoms with Crippen molar-refractivity contribution >= 4 is 0 Å². The highest BCUT2D eigenvalue weighted by molar-refractivity contribution is 5.09. The van der Waals surface area contributed by atoms with Crippen LogP contribution >= 0.6 is 0 Å². The molecule has 0 aliphatic heterocycles. The van der Waals surface area contributed by atoms with Gasteiger partial charge in [0.15, 0.2) is 0 Å². The zero-order valence-corrected chi connectivity index (χ0v) is 12.9. The van der Waals surface area contributed by atoms with Crippen LogP contribution in [0.15, 0.2) is 53.3 Å². The van der Waals surface area contributed by atoms with Gasteiger partial charge in [-0.15, -0.1) is 0 Å². The Bertz CT molecular complexity index is 675. The van der Waals surface area contributed by atoms with Gasteiger partial charge >= 0.3 is 0 Å². The van der Waals surface area contributed by atoms with E-state index in [1.165, 1.54) is 5.56 Å². The summed E-state index contributed by atoms with van der Waals surface area (Å²) in [5.74, 6) is 1.91. The van der Waals surface area contributed by atoms with Gasteiger partial charge in [-0.3, -0.25) is 14.6 Å². The summed E-state index contributed by atoms with van der Waals surface area (Å²) in [6.07, 6.45) is 5.77. The van der Waals surface area contributed by atoms with Crippen molar-refractivity contribution in [1.82, 2.24) is 19.7 Å². The van der Waals surface area contributed by atoms with E-state index in [-0.39, 0.29) is 0 Å². The van der Waals surface area contributed by atoms with E-state index in [1.54, 1.807) is 0 Å². The molecule has 0 saturated heterocycles. The highest BCUT2D eigenvalue weighted by atomic mass is 16.3. The molecule has 3 heterocycles. The second-order valence-electron chi connectivity index (χ2n) is 5.50. The monoisotopic (exact) mass is 296 g/mol. The maximum absolute atomic E-state index is 5.71. The van der Waals surface area contributed by atoms with Crippen molar-refractivity contribution in [2.45, 2.75) is 26.6 Å². The van der Waals surface area contributed by atoms with Crippen LogP contribution in [0.5, 0.6) is 0 Å². The van der Waals surface area contributed by atoms with Crippen molar-refractivity contribution in [2.75, 3.05) is 0 Å². The first-order valence-electron chi connectivity index (χ1n) is 7.34. The van der Waals surface area contributed by atoms with Crippen LogP contribution in [0.1, 0.15) is 22.8 Å². The molecule has 0 unspecified atom stereocenters. The molecule has 0 aliphatic carbocycles. The average molecular weight is 296 g/mol. The molecule has 22 heavy (non-hydrogen) atoms. The Kier molecular flexibility index (Phi) is 4.34. The van der Waals surface area contributed by atoms with Gasteiger partial charge in [0.05, 0.1) is 18.4 Å². The van der Waals surface area contributed by atoms with Crippen LogP contribution < -0.4 is 0 Å². The summed E-state index contributed by atoms with van der Waals surface area (Å²) in [6.45, 7) is 4.30. The molecular formula is C17H20N4O. The molecule has 0 N–H and O–H groups in total. The Morgan fingerprint density at radius 3 is 2.68 bits per heavy atom. The van der Waals surface area contributed by atoms with Crippen molar-refractivity contribution in [1.29, 1.82) is 0 Å². The molecule has 0 bridgehead atoms. The zero-order valence-electron chi connectivity index (χ0n) is 12.9. The molecule has 3 aromatic heterocycles.